The molecule has 2 nitrogen and oxygen atoms in total. The van der Waals surface area contributed by atoms with Gasteiger partial charge in [-0.1, -0.05) is 0 Å². The Morgan fingerprint density at radius 2 is 1.94 bits per heavy atom. The molecule has 0 spiro atoms. The van der Waals surface area contributed by atoms with Gasteiger partial charge in [0.1, 0.15) is 5.75 Å². The van der Waals surface area contributed by atoms with Crippen molar-refractivity contribution in [2.45, 2.75) is 6.61 Å². The number of aromatic amines is 1. The highest BCUT2D eigenvalue weighted by Gasteiger charge is 2.04. The van der Waals surface area contributed by atoms with Crippen LogP contribution < -0.4 is 4.74 Å². The molecule has 84 valence electrons. The van der Waals surface area contributed by atoms with Gasteiger partial charge >= 0.3 is 6.61 Å². The van der Waals surface area contributed by atoms with E-state index in [1.54, 1.807) is 12.1 Å². The lowest BCUT2D eigenvalue weighted by molar-refractivity contribution is -0.0498. The van der Waals surface area contributed by atoms with Gasteiger partial charge in [0.25, 0.3) is 0 Å². The number of hydrogen-bond acceptors (Lipinski definition) is 3. The Morgan fingerprint density at radius 1 is 1.25 bits per heavy atom. The van der Waals surface area contributed by atoms with Crippen molar-refractivity contribution in [3.05, 3.63) is 33.6 Å². The lowest BCUT2D eigenvalue weighted by atomic mass is 10.2. The van der Waals surface area contributed by atoms with E-state index in [-0.39, 0.29) is 5.75 Å². The maximum Gasteiger partial charge on any atom is 0.387 e. The van der Waals surface area contributed by atoms with Gasteiger partial charge in [0.2, 0.25) is 0 Å². The van der Waals surface area contributed by atoms with E-state index in [9.17, 15) is 8.78 Å². The van der Waals surface area contributed by atoms with Crippen LogP contribution in [0, 0.1) is 3.95 Å². The molecule has 1 aromatic heterocycles. The van der Waals surface area contributed by atoms with Crippen molar-refractivity contribution in [1.29, 1.82) is 0 Å². The fourth-order valence-electron chi connectivity index (χ4n) is 1.24. The summed E-state index contributed by atoms with van der Waals surface area (Å²) in [5.41, 5.74) is 1.76. The van der Waals surface area contributed by atoms with Crippen molar-refractivity contribution in [2.75, 3.05) is 0 Å². The maximum absolute atomic E-state index is 11.9. The van der Waals surface area contributed by atoms with Crippen LogP contribution in [0.4, 0.5) is 8.78 Å². The third-order valence-corrected chi connectivity index (χ3v) is 2.97. The van der Waals surface area contributed by atoms with Crippen molar-refractivity contribution >= 4 is 23.6 Å². The van der Waals surface area contributed by atoms with Crippen LogP contribution in [0.5, 0.6) is 5.75 Å². The minimum absolute atomic E-state index is 0.146. The molecule has 1 aromatic carbocycles. The SMILES string of the molecule is FC(F)Oc1ccc(-c2csc(=S)[nH]2)cc1. The molecule has 0 unspecified atom stereocenters. The van der Waals surface area contributed by atoms with Crippen LogP contribution in [0.15, 0.2) is 29.6 Å². The number of H-pyrrole nitrogens is 1. The molecule has 1 N–H and O–H groups in total. The summed E-state index contributed by atoms with van der Waals surface area (Å²) in [7, 11) is 0. The summed E-state index contributed by atoms with van der Waals surface area (Å²) < 4.78 is 28.7. The molecule has 0 amide bonds. The summed E-state index contributed by atoms with van der Waals surface area (Å²) in [5.74, 6) is 0.146. The smallest absolute Gasteiger partial charge is 0.387 e. The van der Waals surface area contributed by atoms with Crippen molar-refractivity contribution in [2.24, 2.45) is 0 Å². The topological polar surface area (TPSA) is 25.0 Å². The van der Waals surface area contributed by atoms with E-state index in [4.69, 9.17) is 12.2 Å². The number of hydrogen-bond donors (Lipinski definition) is 1. The largest absolute Gasteiger partial charge is 0.435 e. The van der Waals surface area contributed by atoms with Gasteiger partial charge in [-0.05, 0) is 42.0 Å². The van der Waals surface area contributed by atoms with Gasteiger partial charge < -0.3 is 9.72 Å². The van der Waals surface area contributed by atoms with Crippen LogP contribution >= 0.6 is 23.6 Å². The highest BCUT2D eigenvalue weighted by Crippen LogP contribution is 2.23. The van der Waals surface area contributed by atoms with E-state index in [1.807, 2.05) is 5.38 Å². The Balaban J connectivity index is 2.22. The number of halogens is 2. The van der Waals surface area contributed by atoms with Gasteiger partial charge in [-0.25, -0.2) is 0 Å². The third-order valence-electron chi connectivity index (χ3n) is 1.91. The van der Waals surface area contributed by atoms with E-state index in [0.717, 1.165) is 11.3 Å². The zero-order chi connectivity index (χ0) is 11.5. The van der Waals surface area contributed by atoms with Gasteiger partial charge in [-0.15, -0.1) is 11.3 Å². The Labute approximate surface area is 99.5 Å². The number of benzene rings is 1. The summed E-state index contributed by atoms with van der Waals surface area (Å²) in [6.07, 6.45) is 0. The molecule has 0 aliphatic carbocycles. The standard InChI is InChI=1S/C10H7F2NOS2/c11-9(12)14-7-3-1-6(2-4-7)8-5-16-10(15)13-8/h1-5,9H,(H,13,15). The number of alkyl halides is 2. The molecule has 0 aliphatic heterocycles. The highest BCUT2D eigenvalue weighted by molar-refractivity contribution is 7.73. The molecule has 0 saturated heterocycles. The van der Waals surface area contributed by atoms with Crippen LogP contribution in [0.3, 0.4) is 0 Å². The first-order valence-corrected chi connectivity index (χ1v) is 5.67. The van der Waals surface area contributed by atoms with E-state index in [0.29, 0.717) is 3.95 Å². The van der Waals surface area contributed by atoms with E-state index >= 15 is 0 Å². The molecule has 0 saturated carbocycles. The Kier molecular flexibility index (Phi) is 3.31. The highest BCUT2D eigenvalue weighted by atomic mass is 32.1. The van der Waals surface area contributed by atoms with Crippen LogP contribution in [0.2, 0.25) is 0 Å². The van der Waals surface area contributed by atoms with Gasteiger partial charge in [-0.3, -0.25) is 0 Å². The second-order valence-corrected chi connectivity index (χ2v) is 4.51. The molecule has 2 rings (SSSR count). The monoisotopic (exact) mass is 259 g/mol. The predicted octanol–water partition coefficient (Wildman–Crippen LogP) is 4.07. The first kappa shape index (κ1) is 11.2. The number of rotatable bonds is 3. The predicted molar refractivity (Wildman–Crippen MR) is 61.6 cm³/mol. The molecular formula is C10H7F2NOS2. The summed E-state index contributed by atoms with van der Waals surface area (Å²) in [4.78, 5) is 3.00. The third kappa shape index (κ3) is 2.65. The average molecular weight is 259 g/mol. The molecule has 0 atom stereocenters. The lowest BCUT2D eigenvalue weighted by Gasteiger charge is -2.04. The first-order chi connectivity index (χ1) is 7.65. The second-order valence-electron chi connectivity index (χ2n) is 2.96. The zero-order valence-electron chi connectivity index (χ0n) is 7.94. The molecule has 0 fully saturated rings. The summed E-state index contributed by atoms with van der Waals surface area (Å²) >= 11 is 6.38. The fourth-order valence-corrected chi connectivity index (χ4v) is 2.08. The summed E-state index contributed by atoms with van der Waals surface area (Å²) in [6.45, 7) is -2.79. The molecule has 0 radical (unpaired) electrons. The van der Waals surface area contributed by atoms with Gasteiger partial charge in [0.15, 0.2) is 3.95 Å². The molecule has 0 aliphatic rings. The Hall–Kier alpha value is -1.27. The minimum Gasteiger partial charge on any atom is -0.435 e. The molecule has 6 heteroatoms. The lowest BCUT2D eigenvalue weighted by Crippen LogP contribution is -2.01. The first-order valence-electron chi connectivity index (χ1n) is 4.38. The van der Waals surface area contributed by atoms with E-state index in [1.165, 1.54) is 23.5 Å². The van der Waals surface area contributed by atoms with Crippen LogP contribution in [0.25, 0.3) is 11.3 Å². The van der Waals surface area contributed by atoms with Crippen molar-refractivity contribution < 1.29 is 13.5 Å². The van der Waals surface area contributed by atoms with Crippen molar-refractivity contribution in [3.63, 3.8) is 0 Å². The molecule has 2 aromatic rings. The normalized spacial score (nSPS) is 10.7. The summed E-state index contributed by atoms with van der Waals surface area (Å²) in [5, 5.41) is 1.88. The van der Waals surface area contributed by atoms with Gasteiger partial charge in [0, 0.05) is 5.38 Å². The van der Waals surface area contributed by atoms with Gasteiger partial charge in [0.05, 0.1) is 5.69 Å². The minimum atomic E-state index is -2.79. The van der Waals surface area contributed by atoms with Crippen LogP contribution in [-0.4, -0.2) is 11.6 Å². The average Bonchev–Trinajstić information content (AvgIpc) is 2.65. The molecule has 1 heterocycles. The number of ether oxygens (including phenoxy) is 1. The van der Waals surface area contributed by atoms with E-state index < -0.39 is 6.61 Å². The van der Waals surface area contributed by atoms with Crippen molar-refractivity contribution in [3.8, 4) is 17.0 Å². The number of thiazole rings is 1. The Bertz CT molecular complexity index is 518. The summed E-state index contributed by atoms with van der Waals surface area (Å²) in [6, 6.07) is 6.39. The molecule has 16 heavy (non-hydrogen) atoms. The second kappa shape index (κ2) is 4.71. The maximum atomic E-state index is 11.9. The zero-order valence-corrected chi connectivity index (χ0v) is 9.58. The van der Waals surface area contributed by atoms with Crippen molar-refractivity contribution in [1.82, 2.24) is 4.98 Å². The van der Waals surface area contributed by atoms with Crippen LogP contribution in [-0.2, 0) is 0 Å². The van der Waals surface area contributed by atoms with Gasteiger partial charge in [-0.2, -0.15) is 8.78 Å². The van der Waals surface area contributed by atoms with E-state index in [2.05, 4.69) is 9.72 Å². The number of aromatic nitrogens is 1. The quantitative estimate of drug-likeness (QED) is 0.840. The fraction of sp³-hybridized carbons (Fsp3) is 0.100. The Morgan fingerprint density at radius 3 is 2.44 bits per heavy atom. The molecular weight excluding hydrogens is 252 g/mol. The molecule has 0 bridgehead atoms. The van der Waals surface area contributed by atoms with Crippen LogP contribution in [0.1, 0.15) is 0 Å². The number of nitrogens with one attached hydrogen (secondary N) is 1.